The minimum atomic E-state index is 0.127. The van der Waals surface area contributed by atoms with Gasteiger partial charge in [0.25, 0.3) is 0 Å². The van der Waals surface area contributed by atoms with Crippen molar-refractivity contribution in [2.24, 2.45) is 11.8 Å². The summed E-state index contributed by atoms with van der Waals surface area (Å²) in [5.74, 6) is 2.02. The number of aliphatic hydroxyl groups excluding tert-OH is 1. The molecule has 1 aromatic rings. The monoisotopic (exact) mass is 249 g/mol. The van der Waals surface area contributed by atoms with Crippen LogP contribution in [0, 0.1) is 11.8 Å². The van der Waals surface area contributed by atoms with E-state index in [0.29, 0.717) is 11.8 Å². The van der Waals surface area contributed by atoms with Crippen LogP contribution in [0.4, 0.5) is 0 Å². The summed E-state index contributed by atoms with van der Waals surface area (Å²) >= 11 is 0. The predicted octanol–water partition coefficient (Wildman–Crippen LogP) is 1.61. The summed E-state index contributed by atoms with van der Waals surface area (Å²) in [4.78, 5) is 14.2. The quantitative estimate of drug-likeness (QED) is 0.885. The molecule has 18 heavy (non-hydrogen) atoms. The zero-order valence-electron chi connectivity index (χ0n) is 10.4. The highest BCUT2D eigenvalue weighted by Gasteiger charge is 2.47. The fourth-order valence-corrected chi connectivity index (χ4v) is 2.86. The zero-order valence-corrected chi connectivity index (χ0v) is 10.4. The minimum Gasteiger partial charge on any atom is -0.469 e. The molecule has 1 aliphatic heterocycles. The zero-order chi connectivity index (χ0) is 12.5. The summed E-state index contributed by atoms with van der Waals surface area (Å²) in [5.41, 5.74) is 0. The van der Waals surface area contributed by atoms with E-state index in [1.165, 1.54) is 0 Å². The molecule has 1 aliphatic carbocycles. The van der Waals surface area contributed by atoms with E-state index in [-0.39, 0.29) is 18.4 Å². The van der Waals surface area contributed by atoms with E-state index in [9.17, 15) is 4.79 Å². The van der Waals surface area contributed by atoms with Crippen LogP contribution < -0.4 is 0 Å². The third-order valence-corrected chi connectivity index (χ3v) is 4.20. The van der Waals surface area contributed by atoms with Crippen molar-refractivity contribution in [2.45, 2.75) is 25.2 Å². The molecule has 0 spiro atoms. The lowest BCUT2D eigenvalue weighted by Crippen LogP contribution is -2.40. The van der Waals surface area contributed by atoms with Crippen molar-refractivity contribution in [3.05, 3.63) is 24.2 Å². The molecule has 3 rings (SSSR count). The molecule has 1 N–H and O–H groups in total. The standard InChI is InChI=1S/C14H19NO3/c16-9-10-3-5-15(6-4-10)14(17)12-8-11(12)13-2-1-7-18-13/h1-2,7,10-12,16H,3-6,8-9H2. The molecule has 0 bridgehead atoms. The molecule has 2 heterocycles. The van der Waals surface area contributed by atoms with Crippen LogP contribution in [0.1, 0.15) is 30.9 Å². The molecular weight excluding hydrogens is 230 g/mol. The first kappa shape index (κ1) is 11.8. The van der Waals surface area contributed by atoms with Crippen LogP contribution in [-0.4, -0.2) is 35.6 Å². The molecule has 1 saturated heterocycles. The van der Waals surface area contributed by atoms with Gasteiger partial charge in [-0.3, -0.25) is 4.79 Å². The number of carbonyl (C=O) groups is 1. The molecule has 4 nitrogen and oxygen atoms in total. The first-order valence-corrected chi connectivity index (χ1v) is 6.72. The van der Waals surface area contributed by atoms with Crippen molar-refractivity contribution in [3.63, 3.8) is 0 Å². The average molecular weight is 249 g/mol. The molecule has 2 fully saturated rings. The third kappa shape index (κ3) is 2.17. The van der Waals surface area contributed by atoms with E-state index >= 15 is 0 Å². The summed E-state index contributed by atoms with van der Waals surface area (Å²) in [6.07, 6.45) is 4.45. The molecule has 1 aromatic heterocycles. The summed E-state index contributed by atoms with van der Waals surface area (Å²) in [6.45, 7) is 1.84. The highest BCUT2D eigenvalue weighted by molar-refractivity contribution is 5.82. The van der Waals surface area contributed by atoms with Gasteiger partial charge in [-0.05, 0) is 37.3 Å². The number of likely N-dealkylation sites (tertiary alicyclic amines) is 1. The van der Waals surface area contributed by atoms with Crippen LogP contribution in [0.3, 0.4) is 0 Å². The summed E-state index contributed by atoms with van der Waals surface area (Å²) in [7, 11) is 0. The van der Waals surface area contributed by atoms with Gasteiger partial charge < -0.3 is 14.4 Å². The largest absolute Gasteiger partial charge is 0.469 e. The Labute approximate surface area is 107 Å². The van der Waals surface area contributed by atoms with Gasteiger partial charge in [0.2, 0.25) is 5.91 Å². The molecule has 2 aliphatic rings. The number of piperidine rings is 1. The normalized spacial score (nSPS) is 28.4. The maximum atomic E-state index is 12.3. The SMILES string of the molecule is O=C(C1CC1c1ccco1)N1CCC(CO)CC1. The van der Waals surface area contributed by atoms with Crippen LogP contribution in [0.5, 0.6) is 0 Å². The second-order valence-corrected chi connectivity index (χ2v) is 5.42. The molecule has 2 unspecified atom stereocenters. The molecule has 2 atom stereocenters. The lowest BCUT2D eigenvalue weighted by molar-refractivity contribution is -0.134. The number of hydrogen-bond donors (Lipinski definition) is 1. The molecule has 4 heteroatoms. The van der Waals surface area contributed by atoms with Crippen LogP contribution in [0.25, 0.3) is 0 Å². The van der Waals surface area contributed by atoms with E-state index in [0.717, 1.165) is 38.1 Å². The van der Waals surface area contributed by atoms with Crippen molar-refractivity contribution in [3.8, 4) is 0 Å². The van der Waals surface area contributed by atoms with Crippen LogP contribution in [-0.2, 0) is 4.79 Å². The van der Waals surface area contributed by atoms with E-state index in [1.807, 2.05) is 17.0 Å². The predicted molar refractivity (Wildman–Crippen MR) is 65.9 cm³/mol. The first-order chi connectivity index (χ1) is 8.79. The topological polar surface area (TPSA) is 53.7 Å². The second-order valence-electron chi connectivity index (χ2n) is 5.42. The Bertz CT molecular complexity index is 407. The van der Waals surface area contributed by atoms with Crippen molar-refractivity contribution < 1.29 is 14.3 Å². The number of hydrogen-bond acceptors (Lipinski definition) is 3. The summed E-state index contributed by atoms with van der Waals surface area (Å²) in [5, 5.41) is 9.09. The van der Waals surface area contributed by atoms with Gasteiger partial charge in [-0.2, -0.15) is 0 Å². The van der Waals surface area contributed by atoms with Gasteiger partial charge in [0.1, 0.15) is 5.76 Å². The molecule has 98 valence electrons. The Morgan fingerprint density at radius 1 is 1.44 bits per heavy atom. The number of carbonyl (C=O) groups excluding carboxylic acids is 1. The Kier molecular flexibility index (Phi) is 3.12. The minimum absolute atomic E-state index is 0.127. The van der Waals surface area contributed by atoms with Gasteiger partial charge >= 0.3 is 0 Å². The number of amides is 1. The molecule has 1 amide bonds. The van der Waals surface area contributed by atoms with Crippen molar-refractivity contribution in [1.29, 1.82) is 0 Å². The van der Waals surface area contributed by atoms with Gasteiger partial charge in [0.15, 0.2) is 0 Å². The molecule has 1 saturated carbocycles. The Balaban J connectivity index is 1.54. The molecular formula is C14H19NO3. The van der Waals surface area contributed by atoms with Crippen LogP contribution in [0.15, 0.2) is 22.8 Å². The summed E-state index contributed by atoms with van der Waals surface area (Å²) in [6, 6.07) is 3.83. The van der Waals surface area contributed by atoms with Crippen molar-refractivity contribution in [1.82, 2.24) is 4.90 Å². The smallest absolute Gasteiger partial charge is 0.226 e. The van der Waals surface area contributed by atoms with Gasteiger partial charge in [-0.25, -0.2) is 0 Å². The van der Waals surface area contributed by atoms with Gasteiger partial charge in [-0.1, -0.05) is 0 Å². The van der Waals surface area contributed by atoms with Crippen LogP contribution in [0.2, 0.25) is 0 Å². The number of aliphatic hydroxyl groups is 1. The number of rotatable bonds is 3. The van der Waals surface area contributed by atoms with Crippen LogP contribution >= 0.6 is 0 Å². The van der Waals surface area contributed by atoms with E-state index in [4.69, 9.17) is 9.52 Å². The molecule has 0 radical (unpaired) electrons. The first-order valence-electron chi connectivity index (χ1n) is 6.72. The van der Waals surface area contributed by atoms with E-state index in [1.54, 1.807) is 6.26 Å². The fraction of sp³-hybridized carbons (Fsp3) is 0.643. The maximum absolute atomic E-state index is 12.3. The van der Waals surface area contributed by atoms with E-state index < -0.39 is 0 Å². The third-order valence-electron chi connectivity index (χ3n) is 4.20. The Hall–Kier alpha value is -1.29. The number of furan rings is 1. The maximum Gasteiger partial charge on any atom is 0.226 e. The van der Waals surface area contributed by atoms with Crippen molar-refractivity contribution in [2.75, 3.05) is 19.7 Å². The second kappa shape index (κ2) is 4.76. The highest BCUT2D eigenvalue weighted by Crippen LogP contribution is 2.48. The fourth-order valence-electron chi connectivity index (χ4n) is 2.86. The number of nitrogens with zero attached hydrogens (tertiary/aromatic N) is 1. The molecule has 0 aromatic carbocycles. The lowest BCUT2D eigenvalue weighted by Gasteiger charge is -2.31. The lowest BCUT2D eigenvalue weighted by atomic mass is 9.97. The summed E-state index contributed by atoms with van der Waals surface area (Å²) < 4.78 is 5.36. The van der Waals surface area contributed by atoms with Gasteiger partial charge in [0, 0.05) is 31.5 Å². The Morgan fingerprint density at radius 3 is 2.83 bits per heavy atom. The highest BCUT2D eigenvalue weighted by atomic mass is 16.3. The van der Waals surface area contributed by atoms with Gasteiger partial charge in [-0.15, -0.1) is 0 Å². The van der Waals surface area contributed by atoms with Crippen molar-refractivity contribution >= 4 is 5.91 Å². The Morgan fingerprint density at radius 2 is 2.22 bits per heavy atom. The van der Waals surface area contributed by atoms with E-state index in [2.05, 4.69) is 0 Å². The van der Waals surface area contributed by atoms with Gasteiger partial charge in [0.05, 0.1) is 6.26 Å². The average Bonchev–Trinajstić information content (AvgIpc) is 3.03.